The van der Waals surface area contributed by atoms with Gasteiger partial charge in [0.25, 0.3) is 0 Å². The first kappa shape index (κ1) is 14.4. The van der Waals surface area contributed by atoms with Crippen molar-refractivity contribution in [2.75, 3.05) is 18.0 Å². The van der Waals surface area contributed by atoms with Crippen molar-refractivity contribution in [2.45, 2.75) is 46.6 Å². The minimum absolute atomic E-state index is 0.635. The molecule has 0 amide bonds. The summed E-state index contributed by atoms with van der Waals surface area (Å²) in [4.78, 5) is 2.57. The van der Waals surface area contributed by atoms with Crippen molar-refractivity contribution in [1.29, 1.82) is 0 Å². The zero-order chi connectivity index (χ0) is 13.8. The van der Waals surface area contributed by atoms with E-state index in [9.17, 15) is 0 Å². The molecular weight excluding hydrogens is 232 g/mol. The number of anilines is 1. The van der Waals surface area contributed by atoms with Gasteiger partial charge in [-0.25, -0.2) is 0 Å². The molecule has 0 radical (unpaired) electrons. The maximum absolute atomic E-state index is 5.71. The van der Waals surface area contributed by atoms with Crippen LogP contribution in [-0.4, -0.2) is 13.1 Å². The Bertz CT molecular complexity index is 412. The van der Waals surface area contributed by atoms with E-state index in [0.29, 0.717) is 6.54 Å². The molecule has 0 aromatic heterocycles. The molecule has 1 unspecified atom stereocenters. The fourth-order valence-corrected chi connectivity index (χ4v) is 3.23. The fraction of sp³-hybridized carbons (Fsp3) is 0.647. The predicted molar refractivity (Wildman–Crippen MR) is 83.5 cm³/mol. The lowest BCUT2D eigenvalue weighted by Crippen LogP contribution is -2.25. The van der Waals surface area contributed by atoms with Crippen molar-refractivity contribution in [3.8, 4) is 0 Å². The molecule has 0 bridgehead atoms. The van der Waals surface area contributed by atoms with E-state index in [1.54, 1.807) is 0 Å². The molecule has 1 aliphatic heterocycles. The van der Waals surface area contributed by atoms with Crippen LogP contribution in [0, 0.1) is 18.8 Å². The number of hydrogen-bond acceptors (Lipinski definition) is 2. The normalized spacial score (nSPS) is 20.7. The highest BCUT2D eigenvalue weighted by Gasteiger charge is 2.20. The van der Waals surface area contributed by atoms with Crippen LogP contribution in [0.5, 0.6) is 0 Å². The average molecular weight is 260 g/mol. The zero-order valence-electron chi connectivity index (χ0n) is 12.7. The molecule has 1 atom stereocenters. The molecular formula is C17H28N2. The van der Waals surface area contributed by atoms with E-state index in [2.05, 4.69) is 43.9 Å². The number of rotatable bonds is 3. The molecule has 19 heavy (non-hydrogen) atoms. The summed E-state index contributed by atoms with van der Waals surface area (Å²) in [5.74, 6) is 1.72. The molecule has 0 spiro atoms. The third kappa shape index (κ3) is 3.50. The highest BCUT2D eigenvalue weighted by Crippen LogP contribution is 2.29. The van der Waals surface area contributed by atoms with Crippen LogP contribution in [0.15, 0.2) is 18.2 Å². The maximum Gasteiger partial charge on any atom is 0.0396 e. The number of benzene rings is 1. The van der Waals surface area contributed by atoms with Crippen LogP contribution in [0.25, 0.3) is 0 Å². The monoisotopic (exact) mass is 260 g/mol. The van der Waals surface area contributed by atoms with Crippen LogP contribution in [0.1, 0.15) is 44.2 Å². The summed E-state index contributed by atoms with van der Waals surface area (Å²) in [5, 5.41) is 0. The van der Waals surface area contributed by atoms with Gasteiger partial charge in [0, 0.05) is 25.3 Å². The van der Waals surface area contributed by atoms with Crippen LogP contribution >= 0.6 is 0 Å². The van der Waals surface area contributed by atoms with E-state index in [-0.39, 0.29) is 0 Å². The van der Waals surface area contributed by atoms with Crippen LogP contribution in [0.2, 0.25) is 0 Å². The van der Waals surface area contributed by atoms with Gasteiger partial charge in [0.1, 0.15) is 0 Å². The summed E-state index contributed by atoms with van der Waals surface area (Å²) in [5.41, 5.74) is 9.71. The molecule has 106 valence electrons. The Hall–Kier alpha value is -1.02. The molecule has 1 aliphatic rings. The van der Waals surface area contributed by atoms with Gasteiger partial charge in [0.2, 0.25) is 0 Å². The van der Waals surface area contributed by atoms with Crippen LogP contribution < -0.4 is 10.6 Å². The number of nitrogens with zero attached hydrogens (tertiary/aromatic N) is 1. The molecule has 1 heterocycles. The van der Waals surface area contributed by atoms with Crippen molar-refractivity contribution < 1.29 is 0 Å². The van der Waals surface area contributed by atoms with Gasteiger partial charge in [-0.15, -0.1) is 0 Å². The fourth-order valence-electron chi connectivity index (χ4n) is 3.23. The molecule has 2 nitrogen and oxygen atoms in total. The minimum atomic E-state index is 0.635. The summed E-state index contributed by atoms with van der Waals surface area (Å²) in [6, 6.07) is 6.67. The molecule has 2 N–H and O–H groups in total. The second-order valence-electron chi connectivity index (χ2n) is 6.25. The third-order valence-electron chi connectivity index (χ3n) is 4.55. The van der Waals surface area contributed by atoms with Gasteiger partial charge in [0.05, 0.1) is 0 Å². The molecule has 0 saturated carbocycles. The molecule has 1 saturated heterocycles. The Morgan fingerprint density at radius 2 is 2.05 bits per heavy atom. The number of nitrogens with two attached hydrogens (primary N) is 1. The summed E-state index contributed by atoms with van der Waals surface area (Å²) in [6.07, 6.45) is 4.03. The third-order valence-corrected chi connectivity index (χ3v) is 4.55. The van der Waals surface area contributed by atoms with Crippen LogP contribution in [0.3, 0.4) is 0 Å². The van der Waals surface area contributed by atoms with Crippen molar-refractivity contribution in [3.05, 3.63) is 29.3 Å². The Morgan fingerprint density at radius 1 is 1.26 bits per heavy atom. The van der Waals surface area contributed by atoms with E-state index in [0.717, 1.165) is 11.8 Å². The summed E-state index contributed by atoms with van der Waals surface area (Å²) < 4.78 is 0. The first-order valence-electron chi connectivity index (χ1n) is 7.66. The Morgan fingerprint density at radius 3 is 2.68 bits per heavy atom. The Balaban J connectivity index is 2.10. The van der Waals surface area contributed by atoms with E-state index in [1.807, 2.05) is 0 Å². The van der Waals surface area contributed by atoms with Gasteiger partial charge in [-0.3, -0.25) is 0 Å². The van der Waals surface area contributed by atoms with E-state index >= 15 is 0 Å². The number of hydrogen-bond donors (Lipinski definition) is 1. The van der Waals surface area contributed by atoms with Crippen molar-refractivity contribution in [3.63, 3.8) is 0 Å². The minimum Gasteiger partial charge on any atom is -0.371 e. The van der Waals surface area contributed by atoms with Crippen LogP contribution in [0.4, 0.5) is 5.69 Å². The van der Waals surface area contributed by atoms with Crippen molar-refractivity contribution in [2.24, 2.45) is 17.6 Å². The Labute approximate surface area is 118 Å². The van der Waals surface area contributed by atoms with Crippen LogP contribution in [-0.2, 0) is 6.54 Å². The smallest absolute Gasteiger partial charge is 0.0396 e. The highest BCUT2D eigenvalue weighted by molar-refractivity contribution is 5.54. The molecule has 1 aromatic rings. The molecule has 2 heteroatoms. The predicted octanol–water partition coefficient (Wildman–Crippen LogP) is 3.72. The summed E-state index contributed by atoms with van der Waals surface area (Å²) >= 11 is 0. The zero-order valence-corrected chi connectivity index (χ0v) is 12.7. The standard InChI is InChI=1S/C17H28N2/c1-13(2)16-5-4-9-19(10-8-16)17-7-6-15(12-18)11-14(17)3/h6-7,11,13,16H,4-5,8-10,12,18H2,1-3H3. The lowest BCUT2D eigenvalue weighted by molar-refractivity contribution is 0.351. The lowest BCUT2D eigenvalue weighted by Gasteiger charge is -2.25. The molecule has 1 fully saturated rings. The topological polar surface area (TPSA) is 29.3 Å². The first-order chi connectivity index (χ1) is 9.11. The van der Waals surface area contributed by atoms with E-state index < -0.39 is 0 Å². The molecule has 0 aliphatic carbocycles. The largest absolute Gasteiger partial charge is 0.371 e. The van der Waals surface area contributed by atoms with Gasteiger partial charge >= 0.3 is 0 Å². The second kappa shape index (κ2) is 6.42. The average Bonchev–Trinajstić information content (AvgIpc) is 2.64. The maximum atomic E-state index is 5.71. The first-order valence-corrected chi connectivity index (χ1v) is 7.66. The second-order valence-corrected chi connectivity index (χ2v) is 6.25. The summed E-state index contributed by atoms with van der Waals surface area (Å²) in [7, 11) is 0. The summed E-state index contributed by atoms with van der Waals surface area (Å²) in [6.45, 7) is 9.97. The van der Waals surface area contributed by atoms with Gasteiger partial charge in [0.15, 0.2) is 0 Å². The Kier molecular flexibility index (Phi) is 4.87. The molecule has 2 rings (SSSR count). The van der Waals surface area contributed by atoms with E-state index in [1.165, 1.54) is 49.2 Å². The van der Waals surface area contributed by atoms with E-state index in [4.69, 9.17) is 5.73 Å². The van der Waals surface area contributed by atoms with Crippen molar-refractivity contribution >= 4 is 5.69 Å². The lowest BCUT2D eigenvalue weighted by atomic mass is 9.89. The van der Waals surface area contributed by atoms with Gasteiger partial charge < -0.3 is 10.6 Å². The number of aryl methyl sites for hydroxylation is 1. The van der Waals surface area contributed by atoms with Gasteiger partial charge in [-0.1, -0.05) is 26.0 Å². The molecule has 1 aromatic carbocycles. The SMILES string of the molecule is Cc1cc(CN)ccc1N1CCCC(C(C)C)CC1. The van der Waals surface area contributed by atoms with Crippen molar-refractivity contribution in [1.82, 2.24) is 0 Å². The quantitative estimate of drug-likeness (QED) is 0.897. The highest BCUT2D eigenvalue weighted by atomic mass is 15.1. The van der Waals surface area contributed by atoms with Gasteiger partial charge in [-0.2, -0.15) is 0 Å². The van der Waals surface area contributed by atoms with Gasteiger partial charge in [-0.05, 0) is 55.2 Å².